The summed E-state index contributed by atoms with van der Waals surface area (Å²) in [6.07, 6.45) is 0.530. The second-order valence-electron chi connectivity index (χ2n) is 5.61. The van der Waals surface area contributed by atoms with E-state index < -0.39 is 0 Å². The molecule has 2 aromatic carbocycles. The van der Waals surface area contributed by atoms with Crippen molar-refractivity contribution in [2.45, 2.75) is 13.0 Å². The van der Waals surface area contributed by atoms with Crippen LogP contribution in [0.2, 0.25) is 0 Å². The summed E-state index contributed by atoms with van der Waals surface area (Å²) in [5.74, 6) is -1.34. The van der Waals surface area contributed by atoms with E-state index >= 15 is 0 Å². The van der Waals surface area contributed by atoms with Gasteiger partial charge in [0.25, 0.3) is 0 Å². The average Bonchev–Trinajstić information content (AvgIpc) is 3.36. The van der Waals surface area contributed by atoms with Crippen molar-refractivity contribution in [1.29, 1.82) is 0 Å². The second-order valence-corrected chi connectivity index (χ2v) is 5.61. The Morgan fingerprint density at radius 1 is 0.957 bits per heavy atom. The van der Waals surface area contributed by atoms with Crippen LogP contribution in [0.15, 0.2) is 54.6 Å². The van der Waals surface area contributed by atoms with E-state index in [4.69, 9.17) is 0 Å². The molecule has 1 saturated carbocycles. The number of amides is 2. The van der Waals surface area contributed by atoms with Crippen LogP contribution in [0.4, 0.5) is 10.1 Å². The molecule has 118 valence electrons. The van der Waals surface area contributed by atoms with Gasteiger partial charge in [-0.05, 0) is 24.6 Å². The summed E-state index contributed by atoms with van der Waals surface area (Å²) in [7, 11) is 0. The highest BCUT2D eigenvalue weighted by Crippen LogP contribution is 2.39. The molecule has 1 fully saturated rings. The Bertz CT molecular complexity index is 718. The lowest BCUT2D eigenvalue weighted by Gasteiger charge is -2.07. The number of carbonyl (C=O) groups excluding carboxylic acids is 2. The molecule has 2 atom stereocenters. The van der Waals surface area contributed by atoms with E-state index in [0.29, 0.717) is 12.0 Å². The number of halogens is 1. The van der Waals surface area contributed by atoms with Crippen LogP contribution in [0, 0.1) is 17.7 Å². The quantitative estimate of drug-likeness (QED) is 0.892. The first-order chi connectivity index (χ1) is 11.1. The maximum absolute atomic E-state index is 13.5. The molecule has 2 N–H and O–H groups in total. The van der Waals surface area contributed by atoms with Crippen molar-refractivity contribution in [3.8, 4) is 0 Å². The van der Waals surface area contributed by atoms with E-state index in [2.05, 4.69) is 10.6 Å². The standard InChI is InChI=1S/C18H17FN2O2/c19-16-9-5-4-6-12(16)11-20-17(22)14-10-15(14)18(23)21-13-7-2-1-3-8-13/h1-9,14-15H,10-11H2,(H,20,22)(H,21,23). The molecular formula is C18H17FN2O2. The zero-order chi connectivity index (χ0) is 16.2. The minimum atomic E-state index is -0.345. The van der Waals surface area contributed by atoms with Gasteiger partial charge in [-0.15, -0.1) is 0 Å². The molecule has 0 heterocycles. The number of benzene rings is 2. The summed E-state index contributed by atoms with van der Waals surface area (Å²) >= 11 is 0. The summed E-state index contributed by atoms with van der Waals surface area (Å²) in [4.78, 5) is 24.1. The van der Waals surface area contributed by atoms with Crippen LogP contribution >= 0.6 is 0 Å². The number of rotatable bonds is 5. The van der Waals surface area contributed by atoms with Crippen molar-refractivity contribution in [2.24, 2.45) is 11.8 Å². The van der Waals surface area contributed by atoms with E-state index in [-0.39, 0.29) is 36.0 Å². The van der Waals surface area contributed by atoms with Crippen LogP contribution in [-0.2, 0) is 16.1 Å². The normalized spacial score (nSPS) is 19.0. The molecule has 2 unspecified atom stereocenters. The molecule has 0 aliphatic heterocycles. The summed E-state index contributed by atoms with van der Waals surface area (Å²) < 4.78 is 13.5. The van der Waals surface area contributed by atoms with Crippen LogP contribution < -0.4 is 10.6 Å². The van der Waals surface area contributed by atoms with Gasteiger partial charge in [-0.25, -0.2) is 4.39 Å². The van der Waals surface area contributed by atoms with Gasteiger partial charge >= 0.3 is 0 Å². The van der Waals surface area contributed by atoms with Crippen molar-refractivity contribution in [2.75, 3.05) is 5.32 Å². The largest absolute Gasteiger partial charge is 0.352 e. The highest BCUT2D eigenvalue weighted by molar-refractivity contribution is 5.99. The molecule has 5 heteroatoms. The van der Waals surface area contributed by atoms with E-state index in [1.807, 2.05) is 18.2 Å². The van der Waals surface area contributed by atoms with Crippen LogP contribution in [0.1, 0.15) is 12.0 Å². The third-order valence-corrected chi connectivity index (χ3v) is 3.92. The second kappa shape index (κ2) is 6.60. The number of para-hydroxylation sites is 1. The SMILES string of the molecule is O=C(NCc1ccccc1F)C1CC1C(=O)Nc1ccccc1. The molecule has 2 aromatic rings. The first-order valence-corrected chi connectivity index (χ1v) is 7.52. The summed E-state index contributed by atoms with van der Waals surface area (Å²) in [5.41, 5.74) is 1.15. The topological polar surface area (TPSA) is 58.2 Å². The summed E-state index contributed by atoms with van der Waals surface area (Å²) in [6.45, 7) is 0.134. The smallest absolute Gasteiger partial charge is 0.228 e. The van der Waals surface area contributed by atoms with Crippen molar-refractivity contribution >= 4 is 17.5 Å². The number of hydrogen-bond donors (Lipinski definition) is 2. The molecule has 1 aliphatic rings. The zero-order valence-electron chi connectivity index (χ0n) is 12.5. The zero-order valence-corrected chi connectivity index (χ0v) is 12.5. The summed E-state index contributed by atoms with van der Waals surface area (Å²) in [5, 5.41) is 5.48. The highest BCUT2D eigenvalue weighted by atomic mass is 19.1. The van der Waals surface area contributed by atoms with Crippen LogP contribution in [0.3, 0.4) is 0 Å². The Morgan fingerprint density at radius 3 is 2.35 bits per heavy atom. The number of anilines is 1. The predicted molar refractivity (Wildman–Crippen MR) is 84.9 cm³/mol. The van der Waals surface area contributed by atoms with Gasteiger partial charge in [-0.2, -0.15) is 0 Å². The van der Waals surface area contributed by atoms with E-state index in [1.54, 1.807) is 30.3 Å². The lowest BCUT2D eigenvalue weighted by molar-refractivity contribution is -0.125. The Balaban J connectivity index is 1.49. The minimum absolute atomic E-state index is 0.134. The third-order valence-electron chi connectivity index (χ3n) is 3.92. The molecule has 0 aromatic heterocycles. The van der Waals surface area contributed by atoms with E-state index in [1.165, 1.54) is 6.07 Å². The maximum atomic E-state index is 13.5. The molecule has 0 radical (unpaired) electrons. The van der Waals surface area contributed by atoms with Gasteiger partial charge in [0.05, 0.1) is 11.8 Å². The van der Waals surface area contributed by atoms with E-state index in [0.717, 1.165) is 5.69 Å². The molecule has 2 amide bonds. The Morgan fingerprint density at radius 2 is 1.61 bits per heavy atom. The van der Waals surface area contributed by atoms with E-state index in [9.17, 15) is 14.0 Å². The van der Waals surface area contributed by atoms with Crippen molar-refractivity contribution in [3.63, 3.8) is 0 Å². The lowest BCUT2D eigenvalue weighted by Crippen LogP contribution is -2.27. The minimum Gasteiger partial charge on any atom is -0.352 e. The fraction of sp³-hybridized carbons (Fsp3) is 0.222. The highest BCUT2D eigenvalue weighted by Gasteiger charge is 2.47. The van der Waals surface area contributed by atoms with Crippen LogP contribution in [-0.4, -0.2) is 11.8 Å². The van der Waals surface area contributed by atoms with Gasteiger partial charge in [-0.3, -0.25) is 9.59 Å². The molecule has 3 rings (SSSR count). The Kier molecular flexibility index (Phi) is 4.37. The molecule has 23 heavy (non-hydrogen) atoms. The third kappa shape index (κ3) is 3.74. The Labute approximate surface area is 133 Å². The van der Waals surface area contributed by atoms with Gasteiger partial charge in [0.1, 0.15) is 5.82 Å². The average molecular weight is 312 g/mol. The molecule has 0 spiro atoms. The number of hydrogen-bond acceptors (Lipinski definition) is 2. The van der Waals surface area contributed by atoms with Crippen LogP contribution in [0.25, 0.3) is 0 Å². The molecular weight excluding hydrogens is 295 g/mol. The Hall–Kier alpha value is -2.69. The monoisotopic (exact) mass is 312 g/mol. The number of carbonyl (C=O) groups is 2. The molecule has 0 bridgehead atoms. The first-order valence-electron chi connectivity index (χ1n) is 7.52. The fourth-order valence-electron chi connectivity index (χ4n) is 2.49. The van der Waals surface area contributed by atoms with Gasteiger partial charge in [0, 0.05) is 17.8 Å². The number of nitrogens with one attached hydrogen (secondary N) is 2. The van der Waals surface area contributed by atoms with Gasteiger partial charge < -0.3 is 10.6 Å². The van der Waals surface area contributed by atoms with Gasteiger partial charge in [-0.1, -0.05) is 36.4 Å². The predicted octanol–water partition coefficient (Wildman–Crippen LogP) is 2.72. The van der Waals surface area contributed by atoms with Gasteiger partial charge in [0.15, 0.2) is 0 Å². The molecule has 1 aliphatic carbocycles. The maximum Gasteiger partial charge on any atom is 0.228 e. The molecule has 0 saturated heterocycles. The summed E-state index contributed by atoms with van der Waals surface area (Å²) in [6, 6.07) is 15.4. The van der Waals surface area contributed by atoms with Crippen LogP contribution in [0.5, 0.6) is 0 Å². The lowest BCUT2D eigenvalue weighted by atomic mass is 10.2. The fourth-order valence-corrected chi connectivity index (χ4v) is 2.49. The van der Waals surface area contributed by atoms with Crippen molar-refractivity contribution in [1.82, 2.24) is 5.32 Å². The van der Waals surface area contributed by atoms with Crippen molar-refractivity contribution in [3.05, 3.63) is 66.0 Å². The first kappa shape index (κ1) is 15.2. The van der Waals surface area contributed by atoms with Gasteiger partial charge in [0.2, 0.25) is 11.8 Å². The van der Waals surface area contributed by atoms with Crippen molar-refractivity contribution < 1.29 is 14.0 Å². The molecule has 4 nitrogen and oxygen atoms in total.